The molecule has 1 spiro atoms. The van der Waals surface area contributed by atoms with Gasteiger partial charge < -0.3 is 11.1 Å². The Labute approximate surface area is 111 Å². The van der Waals surface area contributed by atoms with Crippen LogP contribution in [0.25, 0.3) is 0 Å². The summed E-state index contributed by atoms with van der Waals surface area (Å²) in [5, 5.41) is 10.9. The highest BCUT2D eigenvalue weighted by Gasteiger charge is 2.61. The van der Waals surface area contributed by atoms with Crippen molar-refractivity contribution in [2.45, 2.75) is 38.1 Å². The number of hydrogen-bond donors (Lipinski definition) is 3. The quantitative estimate of drug-likeness (QED) is 0.584. The molecule has 3 fully saturated rings. The second-order valence-electron chi connectivity index (χ2n) is 5.45. The predicted molar refractivity (Wildman–Crippen MR) is 69.2 cm³/mol. The van der Waals surface area contributed by atoms with E-state index in [1.807, 2.05) is 0 Å². The van der Waals surface area contributed by atoms with Crippen LogP contribution < -0.4 is 11.1 Å². The third-order valence-electron chi connectivity index (χ3n) is 4.57. The van der Waals surface area contributed by atoms with E-state index >= 15 is 0 Å². The molecule has 2 heterocycles. The van der Waals surface area contributed by atoms with E-state index in [2.05, 4.69) is 5.32 Å². The zero-order chi connectivity index (χ0) is 13.6. The number of hydrogen-bond acceptors (Lipinski definition) is 4. The van der Waals surface area contributed by atoms with Gasteiger partial charge in [0.05, 0.1) is 0 Å². The third kappa shape index (κ3) is 1.39. The summed E-state index contributed by atoms with van der Waals surface area (Å²) in [7, 11) is 0. The van der Waals surface area contributed by atoms with Gasteiger partial charge in [0.15, 0.2) is 5.41 Å². The molecular formula is C13H18N4O2. The van der Waals surface area contributed by atoms with E-state index in [4.69, 9.17) is 11.1 Å². The summed E-state index contributed by atoms with van der Waals surface area (Å²) in [6, 6.07) is 0.0581. The summed E-state index contributed by atoms with van der Waals surface area (Å²) in [6.07, 6.45) is 5.62. The highest BCUT2D eigenvalue weighted by Crippen LogP contribution is 2.45. The van der Waals surface area contributed by atoms with Crippen molar-refractivity contribution >= 4 is 17.6 Å². The maximum Gasteiger partial charge on any atom is 0.248 e. The van der Waals surface area contributed by atoms with Gasteiger partial charge in [0.25, 0.3) is 0 Å². The lowest BCUT2D eigenvalue weighted by atomic mass is 9.80. The number of amides is 2. The topological polar surface area (TPSA) is 99.3 Å². The summed E-state index contributed by atoms with van der Waals surface area (Å²) in [5.41, 5.74) is 4.75. The first-order valence-corrected chi connectivity index (χ1v) is 6.76. The Morgan fingerprint density at radius 1 is 1.37 bits per heavy atom. The van der Waals surface area contributed by atoms with Crippen LogP contribution in [0.4, 0.5) is 0 Å². The van der Waals surface area contributed by atoms with Crippen LogP contribution in [0.5, 0.6) is 0 Å². The normalized spacial score (nSPS) is 34.0. The van der Waals surface area contributed by atoms with E-state index in [1.165, 1.54) is 11.1 Å². The van der Waals surface area contributed by atoms with E-state index in [9.17, 15) is 9.59 Å². The third-order valence-corrected chi connectivity index (χ3v) is 4.57. The van der Waals surface area contributed by atoms with Gasteiger partial charge >= 0.3 is 0 Å². The van der Waals surface area contributed by atoms with E-state index in [1.54, 1.807) is 0 Å². The lowest BCUT2D eigenvalue weighted by Gasteiger charge is -2.24. The van der Waals surface area contributed by atoms with Crippen molar-refractivity contribution in [3.63, 3.8) is 0 Å². The molecule has 1 aliphatic carbocycles. The molecule has 2 saturated heterocycles. The molecule has 2 amide bonds. The molecule has 0 aromatic carbocycles. The molecule has 0 radical (unpaired) electrons. The largest absolute Gasteiger partial charge is 0.404 e. The van der Waals surface area contributed by atoms with Crippen LogP contribution in [0, 0.1) is 10.8 Å². The SMILES string of the molecule is N=C1/C(=C\N)C2(CCNC2=O)C(=O)N1C1CCCC1. The molecule has 6 nitrogen and oxygen atoms in total. The summed E-state index contributed by atoms with van der Waals surface area (Å²) in [4.78, 5) is 26.4. The number of nitrogens with two attached hydrogens (primary N) is 1. The molecule has 0 aromatic heterocycles. The molecule has 1 saturated carbocycles. The first-order valence-electron chi connectivity index (χ1n) is 6.76. The summed E-state index contributed by atoms with van der Waals surface area (Å²) >= 11 is 0. The Morgan fingerprint density at radius 3 is 2.58 bits per heavy atom. The number of nitrogens with one attached hydrogen (secondary N) is 2. The van der Waals surface area contributed by atoms with Crippen LogP contribution in [0.2, 0.25) is 0 Å². The van der Waals surface area contributed by atoms with Gasteiger partial charge in [-0.25, -0.2) is 0 Å². The molecule has 102 valence electrons. The number of amidine groups is 1. The lowest BCUT2D eigenvalue weighted by molar-refractivity contribution is -0.141. The Bertz CT molecular complexity index is 493. The van der Waals surface area contributed by atoms with E-state index < -0.39 is 5.41 Å². The smallest absolute Gasteiger partial charge is 0.248 e. The van der Waals surface area contributed by atoms with Gasteiger partial charge in [0.2, 0.25) is 11.8 Å². The Balaban J connectivity index is 2.05. The van der Waals surface area contributed by atoms with Crippen molar-refractivity contribution < 1.29 is 9.59 Å². The maximum atomic E-state index is 12.7. The number of carbonyl (C=O) groups excluding carboxylic acids is 2. The number of nitrogens with zero attached hydrogens (tertiary/aromatic N) is 1. The van der Waals surface area contributed by atoms with Gasteiger partial charge in [-0.2, -0.15) is 0 Å². The first kappa shape index (κ1) is 12.2. The highest BCUT2D eigenvalue weighted by atomic mass is 16.2. The zero-order valence-corrected chi connectivity index (χ0v) is 10.7. The fraction of sp³-hybridized carbons (Fsp3) is 0.615. The minimum atomic E-state index is -1.23. The molecular weight excluding hydrogens is 244 g/mol. The van der Waals surface area contributed by atoms with Crippen LogP contribution in [-0.2, 0) is 9.59 Å². The van der Waals surface area contributed by atoms with Crippen molar-refractivity contribution in [1.82, 2.24) is 10.2 Å². The van der Waals surface area contributed by atoms with Crippen molar-refractivity contribution in [1.29, 1.82) is 5.41 Å². The first-order chi connectivity index (χ1) is 9.13. The predicted octanol–water partition coefficient (Wildman–Crippen LogP) is 0.0974. The monoisotopic (exact) mass is 262 g/mol. The van der Waals surface area contributed by atoms with Gasteiger partial charge in [-0.3, -0.25) is 19.9 Å². The fourth-order valence-electron chi connectivity index (χ4n) is 3.58. The molecule has 0 aromatic rings. The van der Waals surface area contributed by atoms with Crippen LogP contribution in [0.3, 0.4) is 0 Å². The van der Waals surface area contributed by atoms with Gasteiger partial charge in [-0.05, 0) is 19.3 Å². The molecule has 2 aliphatic heterocycles. The second-order valence-corrected chi connectivity index (χ2v) is 5.45. The van der Waals surface area contributed by atoms with Crippen LogP contribution in [0.1, 0.15) is 32.1 Å². The second kappa shape index (κ2) is 4.08. The van der Waals surface area contributed by atoms with Crippen molar-refractivity contribution in [2.24, 2.45) is 11.1 Å². The Morgan fingerprint density at radius 2 is 2.05 bits per heavy atom. The van der Waals surface area contributed by atoms with Gasteiger partial charge in [-0.15, -0.1) is 0 Å². The van der Waals surface area contributed by atoms with E-state index in [0.29, 0.717) is 18.5 Å². The molecule has 3 rings (SSSR count). The summed E-state index contributed by atoms with van der Waals surface area (Å²) in [5.74, 6) is -0.438. The van der Waals surface area contributed by atoms with E-state index in [-0.39, 0.29) is 23.7 Å². The molecule has 4 N–H and O–H groups in total. The lowest BCUT2D eigenvalue weighted by Crippen LogP contribution is -2.44. The average molecular weight is 262 g/mol. The molecule has 0 bridgehead atoms. The Kier molecular flexibility index (Phi) is 2.62. The fourth-order valence-corrected chi connectivity index (χ4v) is 3.58. The molecule has 3 aliphatic rings. The van der Waals surface area contributed by atoms with Gasteiger partial charge in [0, 0.05) is 24.4 Å². The number of carbonyl (C=O) groups is 2. The van der Waals surface area contributed by atoms with Gasteiger partial charge in [0.1, 0.15) is 5.84 Å². The standard InChI is InChI=1S/C13H18N4O2/c14-7-9-10(15)17(8-3-1-2-4-8)12(19)13(9)5-6-16-11(13)18/h7-8,15H,1-6,14H2,(H,16,18)/b9-7+,15-10?. The number of likely N-dealkylation sites (tertiary alicyclic amines) is 1. The average Bonchev–Trinajstić information content (AvgIpc) is 3.05. The summed E-state index contributed by atoms with van der Waals surface area (Å²) in [6.45, 7) is 0.466. The van der Waals surface area contributed by atoms with Crippen molar-refractivity contribution in [3.8, 4) is 0 Å². The molecule has 19 heavy (non-hydrogen) atoms. The van der Waals surface area contributed by atoms with Crippen LogP contribution in [0.15, 0.2) is 11.8 Å². The molecule has 1 unspecified atom stereocenters. The number of rotatable bonds is 1. The van der Waals surface area contributed by atoms with Gasteiger partial charge in [-0.1, -0.05) is 12.8 Å². The van der Waals surface area contributed by atoms with Crippen molar-refractivity contribution in [3.05, 3.63) is 11.8 Å². The molecule has 1 atom stereocenters. The van der Waals surface area contributed by atoms with E-state index in [0.717, 1.165) is 25.7 Å². The highest BCUT2D eigenvalue weighted by molar-refractivity contribution is 6.27. The van der Waals surface area contributed by atoms with Crippen LogP contribution in [-0.4, -0.2) is 35.1 Å². The maximum absolute atomic E-state index is 12.7. The molecule has 6 heteroatoms. The van der Waals surface area contributed by atoms with Crippen molar-refractivity contribution in [2.75, 3.05) is 6.54 Å². The minimum absolute atomic E-state index is 0.0581. The Hall–Kier alpha value is -1.85. The van der Waals surface area contributed by atoms with Crippen LogP contribution >= 0.6 is 0 Å². The summed E-state index contributed by atoms with van der Waals surface area (Å²) < 4.78 is 0. The zero-order valence-electron chi connectivity index (χ0n) is 10.7. The minimum Gasteiger partial charge on any atom is -0.404 e.